The van der Waals surface area contributed by atoms with Crippen LogP contribution in [0.25, 0.3) is 12.2 Å². The number of fused-ring (bicyclic) bond motifs is 1. The number of rotatable bonds is 8. The molecule has 0 spiro atoms. The van der Waals surface area contributed by atoms with Gasteiger partial charge in [0.25, 0.3) is 0 Å². The van der Waals surface area contributed by atoms with E-state index in [1.807, 2.05) is 78.9 Å². The first kappa shape index (κ1) is 28.1. The van der Waals surface area contributed by atoms with Gasteiger partial charge in [0, 0.05) is 6.04 Å². The number of benzene rings is 3. The number of hydrogen-bond donors (Lipinski definition) is 2. The fourth-order valence-corrected chi connectivity index (χ4v) is 7.31. The van der Waals surface area contributed by atoms with Gasteiger partial charge in [-0.05, 0) is 53.1 Å². The normalized spacial score (nSPS) is 26.2. The standard InChI is InChI=1S/C36H38N2O4/c1-2-24-17-21-29(22-18-24)38-33(39)30-31(34(38)40)36(35(41)42,23-27-11-7-4-8-12-27)37-32(30)28-19-15-26(16-20-28)14-13-25-9-5-3-6-10-25/h3,5-6,9-10,13-22,27,30-32,37H,2,4,7-8,11-12,23H2,1H3,(H,41,42)/b14-13+. The molecule has 1 saturated carbocycles. The van der Waals surface area contributed by atoms with Crippen molar-refractivity contribution in [3.05, 3.63) is 101 Å². The number of nitrogens with one attached hydrogen (secondary N) is 1. The molecule has 6 heteroatoms. The zero-order valence-electron chi connectivity index (χ0n) is 24.0. The molecule has 216 valence electrons. The second-order valence-corrected chi connectivity index (χ2v) is 12.1. The summed E-state index contributed by atoms with van der Waals surface area (Å²) in [7, 11) is 0. The van der Waals surface area contributed by atoms with E-state index in [4.69, 9.17) is 0 Å². The monoisotopic (exact) mass is 562 g/mol. The average molecular weight is 563 g/mol. The number of carbonyl (C=O) groups is 3. The molecule has 4 atom stereocenters. The second-order valence-electron chi connectivity index (χ2n) is 12.1. The third-order valence-corrected chi connectivity index (χ3v) is 9.54. The number of carboxylic acid groups (broad SMARTS) is 1. The Morgan fingerprint density at radius 3 is 2.14 bits per heavy atom. The molecule has 2 N–H and O–H groups in total. The van der Waals surface area contributed by atoms with Crippen molar-refractivity contribution in [2.24, 2.45) is 17.8 Å². The van der Waals surface area contributed by atoms with E-state index in [1.165, 1.54) is 4.90 Å². The quantitative estimate of drug-likeness (QED) is 0.237. The molecular weight excluding hydrogens is 524 g/mol. The molecule has 2 saturated heterocycles. The van der Waals surface area contributed by atoms with Crippen LogP contribution < -0.4 is 10.2 Å². The minimum atomic E-state index is -1.51. The number of carbonyl (C=O) groups excluding carboxylic acids is 2. The number of hydrogen-bond acceptors (Lipinski definition) is 4. The maximum atomic E-state index is 14.2. The third-order valence-electron chi connectivity index (χ3n) is 9.54. The summed E-state index contributed by atoms with van der Waals surface area (Å²) in [5.41, 5.74) is 3.02. The van der Waals surface area contributed by atoms with Gasteiger partial charge in [-0.15, -0.1) is 0 Å². The minimum absolute atomic E-state index is 0.202. The molecule has 4 unspecified atom stereocenters. The van der Waals surface area contributed by atoms with Crippen molar-refractivity contribution in [1.29, 1.82) is 0 Å². The summed E-state index contributed by atoms with van der Waals surface area (Å²) in [6.45, 7) is 2.05. The number of anilines is 1. The first-order valence-electron chi connectivity index (χ1n) is 15.2. The van der Waals surface area contributed by atoms with Crippen LogP contribution in [0.3, 0.4) is 0 Å². The highest BCUT2D eigenvalue weighted by molar-refractivity contribution is 6.24. The Labute approximate surface area is 247 Å². The highest BCUT2D eigenvalue weighted by atomic mass is 16.4. The summed E-state index contributed by atoms with van der Waals surface area (Å²) in [6, 6.07) is 24.8. The summed E-state index contributed by atoms with van der Waals surface area (Å²) in [5.74, 6) is -3.35. The van der Waals surface area contributed by atoms with Crippen LogP contribution in [0.2, 0.25) is 0 Å². The lowest BCUT2D eigenvalue weighted by molar-refractivity contribution is -0.150. The fourth-order valence-electron chi connectivity index (χ4n) is 7.31. The first-order valence-corrected chi connectivity index (χ1v) is 15.2. The predicted molar refractivity (Wildman–Crippen MR) is 165 cm³/mol. The van der Waals surface area contributed by atoms with Gasteiger partial charge in [-0.2, -0.15) is 0 Å². The Hall–Kier alpha value is -4.03. The van der Waals surface area contributed by atoms with E-state index in [1.54, 1.807) is 12.1 Å². The maximum Gasteiger partial charge on any atom is 0.324 e. The van der Waals surface area contributed by atoms with Crippen LogP contribution in [-0.4, -0.2) is 28.4 Å². The number of aliphatic carboxylic acids is 1. The molecular formula is C36H38N2O4. The summed E-state index contributed by atoms with van der Waals surface area (Å²) >= 11 is 0. The Kier molecular flexibility index (Phi) is 7.82. The number of nitrogens with zero attached hydrogens (tertiary/aromatic N) is 1. The van der Waals surface area contributed by atoms with E-state index in [-0.39, 0.29) is 11.8 Å². The molecule has 2 aliphatic heterocycles. The van der Waals surface area contributed by atoms with Crippen molar-refractivity contribution < 1.29 is 19.5 Å². The zero-order chi connectivity index (χ0) is 29.3. The van der Waals surface area contributed by atoms with Crippen molar-refractivity contribution in [2.45, 2.75) is 63.5 Å². The molecule has 3 aliphatic rings. The number of carboxylic acids is 1. The summed E-state index contributed by atoms with van der Waals surface area (Å²) in [5, 5.41) is 14.2. The van der Waals surface area contributed by atoms with Crippen LogP contribution in [0.1, 0.15) is 73.7 Å². The second kappa shape index (κ2) is 11.7. The van der Waals surface area contributed by atoms with Crippen molar-refractivity contribution >= 4 is 35.6 Å². The van der Waals surface area contributed by atoms with Crippen molar-refractivity contribution in [1.82, 2.24) is 5.32 Å². The highest BCUT2D eigenvalue weighted by Crippen LogP contribution is 2.52. The van der Waals surface area contributed by atoms with Crippen LogP contribution in [0, 0.1) is 17.8 Å². The SMILES string of the molecule is CCc1ccc(N2C(=O)C3C(c4ccc(/C=C/c5ccccc5)cc4)NC(CC4CCCCC4)(C(=O)O)C3C2=O)cc1. The van der Waals surface area contributed by atoms with Crippen LogP contribution in [0.5, 0.6) is 0 Å². The Bertz CT molecular complexity index is 1480. The Morgan fingerprint density at radius 2 is 1.52 bits per heavy atom. The largest absolute Gasteiger partial charge is 0.480 e. The van der Waals surface area contributed by atoms with Crippen LogP contribution >= 0.6 is 0 Å². The van der Waals surface area contributed by atoms with Gasteiger partial charge in [0.15, 0.2) is 0 Å². The van der Waals surface area contributed by atoms with Gasteiger partial charge >= 0.3 is 5.97 Å². The molecule has 0 radical (unpaired) electrons. The van der Waals surface area contributed by atoms with E-state index in [0.717, 1.165) is 60.8 Å². The van der Waals surface area contributed by atoms with Gasteiger partial charge in [0.05, 0.1) is 17.5 Å². The molecule has 6 nitrogen and oxygen atoms in total. The molecule has 0 bridgehead atoms. The molecule has 0 aromatic heterocycles. The van der Waals surface area contributed by atoms with Crippen LogP contribution in [0.4, 0.5) is 5.69 Å². The van der Waals surface area contributed by atoms with Gasteiger partial charge in [0.1, 0.15) is 5.54 Å². The smallest absolute Gasteiger partial charge is 0.324 e. The third kappa shape index (κ3) is 5.09. The van der Waals surface area contributed by atoms with E-state index in [0.29, 0.717) is 12.1 Å². The lowest BCUT2D eigenvalue weighted by Crippen LogP contribution is -2.57. The minimum Gasteiger partial charge on any atom is -0.480 e. The van der Waals surface area contributed by atoms with Gasteiger partial charge in [-0.25, -0.2) is 4.90 Å². The van der Waals surface area contributed by atoms with Crippen molar-refractivity contribution in [3.63, 3.8) is 0 Å². The maximum absolute atomic E-state index is 14.2. The van der Waals surface area contributed by atoms with E-state index >= 15 is 0 Å². The van der Waals surface area contributed by atoms with Crippen LogP contribution in [-0.2, 0) is 20.8 Å². The van der Waals surface area contributed by atoms with Gasteiger partial charge in [-0.3, -0.25) is 19.7 Å². The molecule has 1 aliphatic carbocycles. The number of imide groups is 1. The van der Waals surface area contributed by atoms with Gasteiger partial charge in [-0.1, -0.05) is 118 Å². The molecule has 6 rings (SSSR count). The summed E-state index contributed by atoms with van der Waals surface area (Å²) in [6.07, 6.45) is 10.5. The summed E-state index contributed by atoms with van der Waals surface area (Å²) < 4.78 is 0. The van der Waals surface area contributed by atoms with E-state index in [2.05, 4.69) is 12.2 Å². The van der Waals surface area contributed by atoms with Gasteiger partial charge < -0.3 is 5.11 Å². The Balaban J connectivity index is 1.36. The van der Waals surface area contributed by atoms with Crippen molar-refractivity contribution in [3.8, 4) is 0 Å². The summed E-state index contributed by atoms with van der Waals surface area (Å²) in [4.78, 5) is 42.7. The van der Waals surface area contributed by atoms with E-state index < -0.39 is 35.3 Å². The molecule has 3 fully saturated rings. The first-order chi connectivity index (χ1) is 20.4. The molecule has 3 aromatic rings. The average Bonchev–Trinajstić information content (AvgIpc) is 3.50. The lowest BCUT2D eigenvalue weighted by atomic mass is 9.72. The molecule has 3 aromatic carbocycles. The Morgan fingerprint density at radius 1 is 0.881 bits per heavy atom. The lowest BCUT2D eigenvalue weighted by Gasteiger charge is -2.35. The van der Waals surface area contributed by atoms with E-state index in [9.17, 15) is 19.5 Å². The van der Waals surface area contributed by atoms with Crippen LogP contribution in [0.15, 0.2) is 78.9 Å². The zero-order valence-corrected chi connectivity index (χ0v) is 24.0. The predicted octanol–water partition coefficient (Wildman–Crippen LogP) is 6.66. The molecule has 2 heterocycles. The molecule has 42 heavy (non-hydrogen) atoms. The van der Waals surface area contributed by atoms with Gasteiger partial charge in [0.2, 0.25) is 11.8 Å². The number of aryl methyl sites for hydroxylation is 1. The highest BCUT2D eigenvalue weighted by Gasteiger charge is 2.68. The topological polar surface area (TPSA) is 86.7 Å². The molecule has 2 amide bonds. The number of amides is 2. The fraction of sp³-hybridized carbons (Fsp3) is 0.361. The van der Waals surface area contributed by atoms with Crippen molar-refractivity contribution in [2.75, 3.05) is 4.90 Å².